The monoisotopic (exact) mass is 541 g/mol. The Morgan fingerprint density at radius 3 is 2.67 bits per heavy atom. The number of rotatable bonds is 8. The summed E-state index contributed by atoms with van der Waals surface area (Å²) >= 11 is 2.22. The molecule has 30 heavy (non-hydrogen) atoms. The molecule has 6 nitrogen and oxygen atoms in total. The molecule has 0 spiro atoms. The van der Waals surface area contributed by atoms with E-state index in [1.807, 2.05) is 45.0 Å². The number of benzene rings is 2. The highest BCUT2D eigenvalue weighted by molar-refractivity contribution is 14.1. The molecule has 2 aromatic carbocycles. The lowest BCUT2D eigenvalue weighted by molar-refractivity contribution is -0.136. The van der Waals surface area contributed by atoms with Gasteiger partial charge in [-0.25, -0.2) is 8.93 Å². The zero-order chi connectivity index (χ0) is 21.9. The van der Waals surface area contributed by atoms with Gasteiger partial charge in [-0.3, -0.25) is 4.79 Å². The van der Waals surface area contributed by atoms with Gasteiger partial charge in [-0.2, -0.15) is 0 Å². The lowest BCUT2D eigenvalue weighted by Crippen LogP contribution is -2.32. The summed E-state index contributed by atoms with van der Waals surface area (Å²) in [6.07, 6.45) is -0.0826. The molecule has 1 heterocycles. The lowest BCUT2D eigenvalue weighted by Gasteiger charge is -2.17. The Labute approximate surface area is 191 Å². The van der Waals surface area contributed by atoms with Crippen LogP contribution in [0.1, 0.15) is 37.7 Å². The Morgan fingerprint density at radius 2 is 1.97 bits per heavy atom. The van der Waals surface area contributed by atoms with Crippen LogP contribution in [-0.2, 0) is 35.4 Å². The zero-order valence-electron chi connectivity index (χ0n) is 17.0. The summed E-state index contributed by atoms with van der Waals surface area (Å²) < 4.78 is 27.6. The number of hydrogen-bond acceptors (Lipinski definition) is 4. The molecule has 0 radical (unpaired) electrons. The van der Waals surface area contributed by atoms with Crippen LogP contribution in [0.25, 0.3) is 11.0 Å². The molecule has 0 aliphatic carbocycles. The van der Waals surface area contributed by atoms with Crippen LogP contribution in [0.15, 0.2) is 46.9 Å². The number of hydrogen-bond donors (Lipinski definition) is 2. The molecule has 3 rings (SSSR count). The van der Waals surface area contributed by atoms with E-state index >= 15 is 0 Å². The minimum Gasteiger partial charge on any atom is -0.489 e. The van der Waals surface area contributed by atoms with Gasteiger partial charge in [0.2, 0.25) is 0 Å². The molecule has 1 unspecified atom stereocenters. The molecular weight excluding hydrogens is 517 g/mol. The number of para-hydroxylation sites is 1. The van der Waals surface area contributed by atoms with Crippen molar-refractivity contribution in [3.63, 3.8) is 0 Å². The van der Waals surface area contributed by atoms with Gasteiger partial charge < -0.3 is 14.3 Å². The SMILES string of the molecule is CC(C)(C)S(=O)NCc1cc2cc(COc3ccccc3CC(=O)O)cc(I)c2o1. The summed E-state index contributed by atoms with van der Waals surface area (Å²) in [5.74, 6) is 0.385. The minimum absolute atomic E-state index is 0.0826. The smallest absolute Gasteiger partial charge is 0.307 e. The van der Waals surface area contributed by atoms with Crippen LogP contribution in [0, 0.1) is 3.57 Å². The van der Waals surface area contributed by atoms with Crippen molar-refractivity contribution in [2.45, 2.75) is 45.1 Å². The van der Waals surface area contributed by atoms with Gasteiger partial charge in [0, 0.05) is 10.9 Å². The molecule has 0 aliphatic heterocycles. The summed E-state index contributed by atoms with van der Waals surface area (Å²) in [6.45, 7) is 6.44. The maximum Gasteiger partial charge on any atom is 0.307 e. The van der Waals surface area contributed by atoms with E-state index in [0.29, 0.717) is 30.2 Å². The largest absolute Gasteiger partial charge is 0.489 e. The van der Waals surface area contributed by atoms with Crippen molar-refractivity contribution in [1.29, 1.82) is 0 Å². The van der Waals surface area contributed by atoms with Crippen LogP contribution in [0.3, 0.4) is 0 Å². The number of furan rings is 1. The average Bonchev–Trinajstić information content (AvgIpc) is 3.08. The van der Waals surface area contributed by atoms with Crippen molar-refractivity contribution in [2.24, 2.45) is 0 Å². The van der Waals surface area contributed by atoms with Gasteiger partial charge in [-0.05, 0) is 73.2 Å². The van der Waals surface area contributed by atoms with E-state index < -0.39 is 17.0 Å². The average molecular weight is 541 g/mol. The first kappa shape index (κ1) is 22.8. The Hall–Kier alpha value is -1.91. The highest BCUT2D eigenvalue weighted by atomic mass is 127. The summed E-state index contributed by atoms with van der Waals surface area (Å²) in [5.41, 5.74) is 2.38. The number of nitrogens with one attached hydrogen (secondary N) is 1. The lowest BCUT2D eigenvalue weighted by atomic mass is 10.1. The third kappa shape index (κ3) is 5.83. The van der Waals surface area contributed by atoms with Crippen LogP contribution in [-0.4, -0.2) is 20.0 Å². The van der Waals surface area contributed by atoms with Crippen molar-refractivity contribution < 1.29 is 23.3 Å². The first-order valence-corrected chi connectivity index (χ1v) is 11.6. The molecule has 0 bridgehead atoms. The highest BCUT2D eigenvalue weighted by Gasteiger charge is 2.20. The molecular formula is C22H24INO5S. The fraction of sp³-hybridized carbons (Fsp3) is 0.318. The van der Waals surface area contributed by atoms with Crippen molar-refractivity contribution in [1.82, 2.24) is 4.72 Å². The zero-order valence-corrected chi connectivity index (χ0v) is 20.0. The molecule has 0 amide bonds. The van der Waals surface area contributed by atoms with Crippen LogP contribution < -0.4 is 9.46 Å². The number of ether oxygens (including phenoxy) is 1. The third-order valence-corrected chi connectivity index (χ3v) is 6.64. The molecule has 8 heteroatoms. The van der Waals surface area contributed by atoms with E-state index in [2.05, 4.69) is 27.3 Å². The normalized spacial score (nSPS) is 12.8. The standard InChI is InChI=1S/C22H24INO5S/c1-22(2,3)30(27)24-12-17-10-16-8-14(9-18(23)21(16)29-17)13-28-19-7-5-4-6-15(19)11-20(25)26/h4-10,24H,11-13H2,1-3H3,(H,25,26). The van der Waals surface area contributed by atoms with Crippen LogP contribution >= 0.6 is 22.6 Å². The van der Waals surface area contributed by atoms with E-state index in [4.69, 9.17) is 14.3 Å². The first-order chi connectivity index (χ1) is 14.1. The fourth-order valence-electron chi connectivity index (χ4n) is 2.86. The van der Waals surface area contributed by atoms with Gasteiger partial charge in [0.05, 0.1) is 32.3 Å². The predicted octanol–water partition coefficient (Wildman–Crippen LogP) is 4.80. The second-order valence-corrected chi connectivity index (χ2v) is 11.1. The number of carboxylic acid groups (broad SMARTS) is 1. The van der Waals surface area contributed by atoms with Gasteiger partial charge in [-0.1, -0.05) is 18.2 Å². The Morgan fingerprint density at radius 1 is 1.23 bits per heavy atom. The third-order valence-electron chi connectivity index (χ3n) is 4.32. The quantitative estimate of drug-likeness (QED) is 0.401. The van der Waals surface area contributed by atoms with Crippen molar-refractivity contribution in [3.8, 4) is 5.75 Å². The van der Waals surface area contributed by atoms with Gasteiger partial charge in [-0.15, -0.1) is 0 Å². The second kappa shape index (κ2) is 9.49. The van der Waals surface area contributed by atoms with E-state index in [1.165, 1.54) is 0 Å². The maximum atomic E-state index is 12.2. The molecule has 1 aromatic heterocycles. The minimum atomic E-state index is -1.17. The maximum absolute atomic E-state index is 12.2. The fourth-order valence-corrected chi connectivity index (χ4v) is 4.39. The van der Waals surface area contributed by atoms with E-state index in [1.54, 1.807) is 18.2 Å². The number of carboxylic acids is 1. The van der Waals surface area contributed by atoms with Crippen LogP contribution in [0.2, 0.25) is 0 Å². The number of carbonyl (C=O) groups is 1. The molecule has 0 fully saturated rings. The molecule has 0 saturated carbocycles. The van der Waals surface area contributed by atoms with Gasteiger partial charge in [0.25, 0.3) is 0 Å². The van der Waals surface area contributed by atoms with Crippen molar-refractivity contribution in [2.75, 3.05) is 0 Å². The molecule has 160 valence electrons. The molecule has 2 N–H and O–H groups in total. The van der Waals surface area contributed by atoms with Gasteiger partial charge in [0.1, 0.15) is 23.7 Å². The Balaban J connectivity index is 1.74. The summed E-state index contributed by atoms with van der Waals surface area (Å²) in [7, 11) is -1.17. The van der Waals surface area contributed by atoms with Crippen molar-refractivity contribution >= 4 is 50.5 Å². The molecule has 1 atom stereocenters. The molecule has 0 aliphatic rings. The predicted molar refractivity (Wildman–Crippen MR) is 126 cm³/mol. The van der Waals surface area contributed by atoms with Gasteiger partial charge in [0.15, 0.2) is 0 Å². The van der Waals surface area contributed by atoms with Crippen LogP contribution in [0.5, 0.6) is 5.75 Å². The van der Waals surface area contributed by atoms with Crippen molar-refractivity contribution in [3.05, 3.63) is 62.9 Å². The molecule has 3 aromatic rings. The molecule has 0 saturated heterocycles. The van der Waals surface area contributed by atoms with E-state index in [0.717, 1.165) is 20.1 Å². The van der Waals surface area contributed by atoms with Gasteiger partial charge >= 0.3 is 5.97 Å². The summed E-state index contributed by atoms with van der Waals surface area (Å²) in [4.78, 5) is 11.0. The first-order valence-electron chi connectivity index (χ1n) is 9.42. The summed E-state index contributed by atoms with van der Waals surface area (Å²) in [6, 6.07) is 13.1. The summed E-state index contributed by atoms with van der Waals surface area (Å²) in [5, 5.41) is 10.0. The number of halogens is 1. The Bertz CT molecular complexity index is 1090. The topological polar surface area (TPSA) is 88.8 Å². The van der Waals surface area contributed by atoms with E-state index in [-0.39, 0.29) is 11.2 Å². The Kier molecular flexibility index (Phi) is 7.20. The van der Waals surface area contributed by atoms with E-state index in [9.17, 15) is 9.00 Å². The number of aliphatic carboxylic acids is 1. The van der Waals surface area contributed by atoms with Crippen LogP contribution in [0.4, 0.5) is 0 Å². The highest BCUT2D eigenvalue weighted by Crippen LogP contribution is 2.28. The number of fused-ring (bicyclic) bond motifs is 1. The second-order valence-electron chi connectivity index (χ2n) is 7.88.